The van der Waals surface area contributed by atoms with Crippen molar-refractivity contribution in [2.75, 3.05) is 7.11 Å². The minimum absolute atomic E-state index is 0.254. The van der Waals surface area contributed by atoms with Crippen molar-refractivity contribution < 1.29 is 14.2 Å². The fourth-order valence-corrected chi connectivity index (χ4v) is 3.96. The van der Waals surface area contributed by atoms with Crippen LogP contribution in [0.4, 0.5) is 0 Å². The second-order valence-corrected chi connectivity index (χ2v) is 8.09. The first-order chi connectivity index (χ1) is 16.6. The molecule has 0 aliphatic carbocycles. The maximum absolute atomic E-state index is 11.4. The molecule has 0 unspecified atom stereocenters. The molecule has 0 aliphatic heterocycles. The number of methoxy groups -OCH3 is 1. The van der Waals surface area contributed by atoms with Crippen LogP contribution in [-0.2, 0) is 13.2 Å². The van der Waals surface area contributed by atoms with Crippen LogP contribution in [0.25, 0.3) is 22.2 Å². The number of hydrogen-bond donors (Lipinski definition) is 0. The molecule has 0 spiro atoms. The lowest BCUT2D eigenvalue weighted by Crippen LogP contribution is -2.23. The zero-order chi connectivity index (χ0) is 23.5. The first-order valence-electron chi connectivity index (χ1n) is 10.7. The molecule has 7 nitrogen and oxygen atoms in total. The van der Waals surface area contributed by atoms with Gasteiger partial charge in [-0.1, -0.05) is 35.9 Å². The van der Waals surface area contributed by atoms with Crippen molar-refractivity contribution in [1.82, 2.24) is 14.5 Å². The maximum atomic E-state index is 11.4. The van der Waals surface area contributed by atoms with E-state index < -0.39 is 0 Å². The first-order valence-corrected chi connectivity index (χ1v) is 11.0. The van der Waals surface area contributed by atoms with Gasteiger partial charge in [-0.25, -0.2) is 9.97 Å². The molecule has 5 rings (SSSR count). The summed E-state index contributed by atoms with van der Waals surface area (Å²) in [6.45, 7) is 0.790. The summed E-state index contributed by atoms with van der Waals surface area (Å²) < 4.78 is 14.0. The van der Waals surface area contributed by atoms with E-state index in [1.54, 1.807) is 31.5 Å². The van der Waals surface area contributed by atoms with Gasteiger partial charge in [-0.15, -0.1) is 0 Å². The van der Waals surface area contributed by atoms with Crippen molar-refractivity contribution in [1.29, 1.82) is 0 Å². The SMILES string of the molecule is COc1ccc(OCc2nc3ccc(-c4cc[n+]([O-])cc4)cc3n2Cc2ccccc2Cl)cn1. The molecule has 34 heavy (non-hydrogen) atoms. The van der Waals surface area contributed by atoms with E-state index in [-0.39, 0.29) is 6.61 Å². The fraction of sp³-hybridized carbons (Fsp3) is 0.115. The van der Waals surface area contributed by atoms with E-state index in [1.165, 1.54) is 12.4 Å². The largest absolute Gasteiger partial charge is 0.619 e. The molecule has 0 N–H and O–H groups in total. The highest BCUT2D eigenvalue weighted by Gasteiger charge is 2.15. The highest BCUT2D eigenvalue weighted by atomic mass is 35.5. The Labute approximate surface area is 201 Å². The Morgan fingerprint density at radius 1 is 1.00 bits per heavy atom. The smallest absolute Gasteiger partial charge is 0.213 e. The third-order valence-corrected chi connectivity index (χ3v) is 5.90. The van der Waals surface area contributed by atoms with Gasteiger partial charge in [0.05, 0.1) is 30.9 Å². The summed E-state index contributed by atoms with van der Waals surface area (Å²) in [5, 5.41) is 12.1. The van der Waals surface area contributed by atoms with Crippen LogP contribution in [0.5, 0.6) is 11.6 Å². The van der Waals surface area contributed by atoms with Gasteiger partial charge in [0.1, 0.15) is 18.2 Å². The third-order valence-electron chi connectivity index (χ3n) is 5.54. The molecular formula is C26H21ClN4O3. The topological polar surface area (TPSA) is 76.1 Å². The van der Waals surface area contributed by atoms with Crippen LogP contribution < -0.4 is 14.2 Å². The lowest BCUT2D eigenvalue weighted by atomic mass is 10.1. The number of hydrogen-bond acceptors (Lipinski definition) is 5. The maximum Gasteiger partial charge on any atom is 0.213 e. The van der Waals surface area contributed by atoms with Crippen LogP contribution >= 0.6 is 11.6 Å². The summed E-state index contributed by atoms with van der Waals surface area (Å²) in [5.41, 5.74) is 4.70. The molecule has 2 aromatic carbocycles. The Balaban J connectivity index is 1.54. The lowest BCUT2D eigenvalue weighted by molar-refractivity contribution is -0.605. The van der Waals surface area contributed by atoms with Gasteiger partial charge in [0.2, 0.25) is 5.88 Å². The van der Waals surface area contributed by atoms with Gasteiger partial charge in [-0.3, -0.25) is 0 Å². The number of benzene rings is 2. The van der Waals surface area contributed by atoms with E-state index in [0.717, 1.165) is 38.3 Å². The number of fused-ring (bicyclic) bond motifs is 1. The van der Waals surface area contributed by atoms with E-state index in [9.17, 15) is 5.21 Å². The molecule has 3 heterocycles. The van der Waals surface area contributed by atoms with Crippen LogP contribution in [0, 0.1) is 5.21 Å². The summed E-state index contributed by atoms with van der Waals surface area (Å²) in [5.74, 6) is 1.90. The number of imidazole rings is 1. The molecule has 3 aromatic heterocycles. The second kappa shape index (κ2) is 9.41. The van der Waals surface area contributed by atoms with E-state index in [2.05, 4.69) is 15.6 Å². The van der Waals surface area contributed by atoms with Gasteiger partial charge in [-0.05, 0) is 41.0 Å². The summed E-state index contributed by atoms with van der Waals surface area (Å²) in [6.07, 6.45) is 4.60. The summed E-state index contributed by atoms with van der Waals surface area (Å²) in [6, 6.07) is 20.9. The molecule has 0 saturated carbocycles. The predicted octanol–water partition coefficient (Wildman–Crippen LogP) is 5.02. The summed E-state index contributed by atoms with van der Waals surface area (Å²) >= 11 is 6.47. The highest BCUT2D eigenvalue weighted by Crippen LogP contribution is 2.27. The van der Waals surface area contributed by atoms with Crippen LogP contribution in [0.2, 0.25) is 5.02 Å². The van der Waals surface area contributed by atoms with Crippen molar-refractivity contribution >= 4 is 22.6 Å². The summed E-state index contributed by atoms with van der Waals surface area (Å²) in [7, 11) is 1.57. The number of rotatable bonds is 7. The van der Waals surface area contributed by atoms with Crippen molar-refractivity contribution in [2.45, 2.75) is 13.2 Å². The number of ether oxygens (including phenoxy) is 2. The average molecular weight is 473 g/mol. The molecule has 0 saturated heterocycles. The molecule has 0 fully saturated rings. The Hall–Kier alpha value is -4.10. The van der Waals surface area contributed by atoms with Gasteiger partial charge in [-0.2, -0.15) is 4.73 Å². The molecule has 8 heteroatoms. The molecule has 5 aromatic rings. The normalized spacial score (nSPS) is 11.0. The van der Waals surface area contributed by atoms with Crippen molar-refractivity contribution in [3.63, 3.8) is 0 Å². The number of pyridine rings is 2. The zero-order valence-electron chi connectivity index (χ0n) is 18.4. The van der Waals surface area contributed by atoms with Crippen LogP contribution in [-0.4, -0.2) is 21.6 Å². The van der Waals surface area contributed by atoms with Gasteiger partial charge in [0, 0.05) is 23.2 Å². The average Bonchev–Trinajstić information content (AvgIpc) is 3.21. The highest BCUT2D eigenvalue weighted by molar-refractivity contribution is 6.31. The lowest BCUT2D eigenvalue weighted by Gasteiger charge is -2.12. The Kier molecular flexibility index (Phi) is 6.01. The quantitative estimate of drug-likeness (QED) is 0.245. The van der Waals surface area contributed by atoms with Crippen molar-refractivity contribution in [3.05, 3.63) is 107 Å². The van der Waals surface area contributed by atoms with Crippen LogP contribution in [0.15, 0.2) is 85.3 Å². The molecule has 170 valence electrons. The predicted molar refractivity (Wildman–Crippen MR) is 130 cm³/mol. The van der Waals surface area contributed by atoms with Crippen LogP contribution in [0.1, 0.15) is 11.4 Å². The monoisotopic (exact) mass is 472 g/mol. The van der Waals surface area contributed by atoms with E-state index in [0.29, 0.717) is 23.2 Å². The van der Waals surface area contributed by atoms with Crippen LogP contribution in [0.3, 0.4) is 0 Å². The number of halogens is 1. The van der Waals surface area contributed by atoms with E-state index >= 15 is 0 Å². The van der Waals surface area contributed by atoms with Crippen molar-refractivity contribution in [2.24, 2.45) is 0 Å². The fourth-order valence-electron chi connectivity index (χ4n) is 3.76. The number of nitrogens with zero attached hydrogens (tertiary/aromatic N) is 4. The minimum Gasteiger partial charge on any atom is -0.619 e. The Bertz CT molecular complexity index is 1430. The molecule has 0 amide bonds. The first kappa shape index (κ1) is 21.7. The molecule has 0 atom stereocenters. The van der Waals surface area contributed by atoms with E-state index in [4.69, 9.17) is 26.1 Å². The molecule has 0 radical (unpaired) electrons. The Morgan fingerprint density at radius 2 is 1.82 bits per heavy atom. The van der Waals surface area contributed by atoms with Gasteiger partial charge < -0.3 is 19.2 Å². The van der Waals surface area contributed by atoms with E-state index in [1.807, 2.05) is 42.5 Å². The summed E-state index contributed by atoms with van der Waals surface area (Å²) in [4.78, 5) is 9.02. The zero-order valence-corrected chi connectivity index (χ0v) is 19.1. The standard InChI is InChI=1S/C26H21ClN4O3/c1-33-26-9-7-21(15-28-26)34-17-25-29-23-8-6-19(18-10-12-30(32)13-11-18)14-24(23)31(25)16-20-4-2-3-5-22(20)27/h2-15H,16-17H2,1H3. The second-order valence-electron chi connectivity index (χ2n) is 7.68. The minimum atomic E-state index is 0.254. The number of aromatic nitrogens is 4. The Morgan fingerprint density at radius 3 is 2.56 bits per heavy atom. The van der Waals surface area contributed by atoms with Gasteiger partial charge in [0.25, 0.3) is 0 Å². The van der Waals surface area contributed by atoms with Gasteiger partial charge in [0.15, 0.2) is 12.4 Å². The van der Waals surface area contributed by atoms with Gasteiger partial charge >= 0.3 is 0 Å². The molecule has 0 bridgehead atoms. The third kappa shape index (κ3) is 4.51. The van der Waals surface area contributed by atoms with Crippen molar-refractivity contribution in [3.8, 4) is 22.8 Å². The molecule has 0 aliphatic rings. The molecular weight excluding hydrogens is 452 g/mol.